The fourth-order valence-electron chi connectivity index (χ4n) is 6.51. The van der Waals surface area contributed by atoms with E-state index in [1.165, 1.54) is 38.5 Å². The van der Waals surface area contributed by atoms with Gasteiger partial charge in [0, 0.05) is 12.4 Å². The molecule has 6 aromatic rings. The van der Waals surface area contributed by atoms with Crippen molar-refractivity contribution in [2.24, 2.45) is 0 Å². The third kappa shape index (κ3) is 11.3. The van der Waals surface area contributed by atoms with Crippen LogP contribution in [0.4, 0.5) is 43.4 Å². The molecule has 0 bridgehead atoms. The second-order valence-electron chi connectivity index (χ2n) is 14.7. The van der Waals surface area contributed by atoms with Crippen molar-refractivity contribution >= 4 is 51.6 Å². The van der Waals surface area contributed by atoms with E-state index in [1.807, 2.05) is 26.8 Å². The van der Waals surface area contributed by atoms with E-state index in [1.54, 1.807) is 48.0 Å². The van der Waals surface area contributed by atoms with E-state index >= 15 is 8.78 Å². The summed E-state index contributed by atoms with van der Waals surface area (Å²) >= 11 is 1.54. The number of esters is 2. The van der Waals surface area contributed by atoms with Crippen molar-refractivity contribution in [1.82, 2.24) is 9.97 Å². The third-order valence-corrected chi connectivity index (χ3v) is 10.9. The van der Waals surface area contributed by atoms with Crippen molar-refractivity contribution in [3.05, 3.63) is 145 Å². The highest BCUT2D eigenvalue weighted by atomic mass is 127. The molecule has 10 nitrogen and oxygen atoms in total. The second kappa shape index (κ2) is 22.5. The normalized spacial score (nSPS) is 10.7. The van der Waals surface area contributed by atoms with Gasteiger partial charge in [0.05, 0.1) is 93.8 Å². The van der Waals surface area contributed by atoms with Gasteiger partial charge in [-0.1, -0.05) is 39.8 Å². The predicted octanol–water partition coefficient (Wildman–Crippen LogP) is 12.4. The first-order valence-corrected chi connectivity index (χ1v) is 20.8. The summed E-state index contributed by atoms with van der Waals surface area (Å²) in [5.74, 6) is -7.66. The van der Waals surface area contributed by atoms with Crippen LogP contribution in [0.3, 0.4) is 0 Å². The number of carbonyl (C=O) groups is 2. The van der Waals surface area contributed by atoms with Crippen LogP contribution in [0.25, 0.3) is 22.3 Å². The van der Waals surface area contributed by atoms with Crippen LogP contribution in [0.1, 0.15) is 82.8 Å². The van der Waals surface area contributed by atoms with Gasteiger partial charge in [0.15, 0.2) is 5.82 Å². The summed E-state index contributed by atoms with van der Waals surface area (Å²) in [6.07, 6.45) is 3.43. The van der Waals surface area contributed by atoms with E-state index in [-0.39, 0.29) is 43.4 Å². The maximum absolute atomic E-state index is 15.9. The maximum Gasteiger partial charge on any atom is 0.340 e. The molecule has 6 rings (SSSR count). The highest BCUT2D eigenvalue weighted by molar-refractivity contribution is 14.1. The van der Waals surface area contributed by atoms with Crippen molar-refractivity contribution < 1.29 is 54.9 Å². The number of nitrogen functional groups attached to an aromatic ring is 1. The summed E-state index contributed by atoms with van der Waals surface area (Å²) in [5.41, 5.74) is 7.61. The summed E-state index contributed by atoms with van der Waals surface area (Å²) < 4.78 is 108. The van der Waals surface area contributed by atoms with Crippen molar-refractivity contribution in [3.63, 3.8) is 0 Å². The van der Waals surface area contributed by atoms with Gasteiger partial charge in [-0.25, -0.2) is 35.9 Å². The van der Waals surface area contributed by atoms with Crippen molar-refractivity contribution in [3.8, 4) is 33.8 Å². The lowest BCUT2D eigenvalue weighted by molar-refractivity contribution is 0.0590. The minimum absolute atomic E-state index is 0.0144. The molecule has 0 aliphatic heterocycles. The Bertz CT molecular complexity index is 2720. The number of ether oxygens (including phenoxy) is 4. The minimum Gasteiger partial charge on any atom is -0.496 e. The number of anilines is 3. The van der Waals surface area contributed by atoms with E-state index in [0.29, 0.717) is 17.3 Å². The Hall–Kier alpha value is -6.37. The standard InChI is InChI=1S/C24H23F3N2O3.C15H10F3IO3.C9H14N2/c1-12(2)21-22(13(3)9-10-28-21)29-23-14(24(30)32-5)11-16(26)19(20(23)27)18-15(25)7-6-8-17(18)31-4;1-21-10-5-3-4-8(16)11(10)12-9(17)6-7(15(20)22-2)14(19)13(12)18;1-6(2)9-8(10)7(3)4-5-11-9/h6-12,29H,1-5H3;3-6H,1-2H3;4-6H,10H2,1-3H3. The number of rotatable bonds is 10. The lowest BCUT2D eigenvalue weighted by atomic mass is 9.98. The van der Waals surface area contributed by atoms with E-state index in [0.717, 1.165) is 61.0 Å². The van der Waals surface area contributed by atoms with E-state index in [9.17, 15) is 27.2 Å². The van der Waals surface area contributed by atoms with Crippen LogP contribution in [-0.2, 0) is 9.47 Å². The molecule has 2 aromatic heterocycles. The molecule has 0 unspecified atom stereocenters. The number of aryl methyl sites for hydroxylation is 2. The molecule has 4 aromatic carbocycles. The molecular weight excluding hydrogens is 969 g/mol. The fraction of sp³-hybridized carbons (Fsp3) is 0.250. The van der Waals surface area contributed by atoms with Crippen molar-refractivity contribution in [2.45, 2.75) is 53.4 Å². The number of nitrogens with two attached hydrogens (primary N) is 1. The molecule has 0 amide bonds. The van der Waals surface area contributed by atoms with Crippen LogP contribution in [-0.4, -0.2) is 50.3 Å². The van der Waals surface area contributed by atoms with Gasteiger partial charge >= 0.3 is 11.9 Å². The molecule has 0 spiro atoms. The number of halogens is 7. The summed E-state index contributed by atoms with van der Waals surface area (Å²) in [6, 6.07) is 12.9. The molecular formula is C48H47F6IN4O6. The molecule has 2 heterocycles. The van der Waals surface area contributed by atoms with Gasteiger partial charge in [0.1, 0.15) is 40.6 Å². The number of methoxy groups -OCH3 is 4. The van der Waals surface area contributed by atoms with Crippen LogP contribution in [0.5, 0.6) is 11.5 Å². The fourth-order valence-corrected chi connectivity index (χ4v) is 7.16. The number of aromatic nitrogens is 2. The highest BCUT2D eigenvalue weighted by Crippen LogP contribution is 2.42. The van der Waals surface area contributed by atoms with Crippen LogP contribution in [0.2, 0.25) is 0 Å². The van der Waals surface area contributed by atoms with Gasteiger partial charge in [0.25, 0.3) is 0 Å². The SMILES string of the molecule is COC(=O)c1cc(F)c(-c2c(F)cccc2OC)c(F)c1I.COC(=O)c1cc(F)c(-c2c(F)cccc2OC)c(F)c1Nc1c(C)ccnc1C(C)C.Cc1ccnc(C(C)C)c1N. The Labute approximate surface area is 386 Å². The zero-order valence-corrected chi connectivity index (χ0v) is 39.3. The van der Waals surface area contributed by atoms with Crippen LogP contribution in [0, 0.1) is 52.3 Å². The average molecular weight is 1020 g/mol. The smallest absolute Gasteiger partial charge is 0.340 e. The first-order chi connectivity index (χ1) is 30.7. The van der Waals surface area contributed by atoms with Gasteiger partial charge in [-0.2, -0.15) is 0 Å². The molecule has 3 N–H and O–H groups in total. The number of benzene rings is 4. The van der Waals surface area contributed by atoms with Gasteiger partial charge in [0.2, 0.25) is 0 Å². The molecule has 344 valence electrons. The molecule has 65 heavy (non-hydrogen) atoms. The quantitative estimate of drug-likeness (QED) is 0.0591. The van der Waals surface area contributed by atoms with Crippen LogP contribution in [0.15, 0.2) is 73.1 Å². The van der Waals surface area contributed by atoms with E-state index in [4.69, 9.17) is 19.9 Å². The van der Waals surface area contributed by atoms with Crippen molar-refractivity contribution in [1.29, 1.82) is 0 Å². The largest absolute Gasteiger partial charge is 0.496 e. The number of nitrogens with one attached hydrogen (secondary N) is 1. The van der Waals surface area contributed by atoms with E-state index in [2.05, 4.69) is 33.9 Å². The first kappa shape index (κ1) is 51.3. The number of hydrogen-bond acceptors (Lipinski definition) is 10. The van der Waals surface area contributed by atoms with Gasteiger partial charge in [-0.15, -0.1) is 0 Å². The predicted molar refractivity (Wildman–Crippen MR) is 246 cm³/mol. The van der Waals surface area contributed by atoms with Gasteiger partial charge < -0.3 is 30.0 Å². The second-order valence-corrected chi connectivity index (χ2v) is 15.8. The topological polar surface area (TPSA) is 135 Å². The monoisotopic (exact) mass is 1020 g/mol. The third-order valence-electron chi connectivity index (χ3n) is 9.85. The lowest BCUT2D eigenvalue weighted by Crippen LogP contribution is -2.12. The lowest BCUT2D eigenvalue weighted by Gasteiger charge is -2.20. The van der Waals surface area contributed by atoms with Crippen LogP contribution < -0.4 is 20.5 Å². The first-order valence-electron chi connectivity index (χ1n) is 19.7. The zero-order chi connectivity index (χ0) is 48.4. The molecule has 17 heteroatoms. The molecule has 0 atom stereocenters. The Morgan fingerprint density at radius 1 is 0.600 bits per heavy atom. The minimum atomic E-state index is -1.16. The number of hydrogen-bond donors (Lipinski definition) is 2. The Morgan fingerprint density at radius 2 is 1.05 bits per heavy atom. The summed E-state index contributed by atoms with van der Waals surface area (Å²) in [6.45, 7) is 11.8. The molecule has 0 saturated heterocycles. The Kier molecular flexibility index (Phi) is 17.7. The highest BCUT2D eigenvalue weighted by Gasteiger charge is 2.29. The maximum atomic E-state index is 15.9. The Balaban J connectivity index is 0.000000241. The summed E-state index contributed by atoms with van der Waals surface area (Å²) in [5, 5.41) is 2.90. The number of carbonyl (C=O) groups excluding carboxylic acids is 2. The Morgan fingerprint density at radius 3 is 1.51 bits per heavy atom. The molecule has 0 saturated carbocycles. The van der Waals surface area contributed by atoms with Gasteiger partial charge in [-0.3, -0.25) is 9.97 Å². The van der Waals surface area contributed by atoms with Crippen molar-refractivity contribution in [2.75, 3.05) is 39.5 Å². The average Bonchev–Trinajstić information content (AvgIpc) is 3.27. The molecule has 0 radical (unpaired) electrons. The summed E-state index contributed by atoms with van der Waals surface area (Å²) in [4.78, 5) is 32.4. The van der Waals surface area contributed by atoms with E-state index < -0.39 is 63.5 Å². The van der Waals surface area contributed by atoms with Crippen LogP contribution >= 0.6 is 22.6 Å². The molecule has 0 fully saturated rings. The number of nitrogens with zero attached hydrogens (tertiary/aromatic N) is 2. The molecule has 0 aliphatic carbocycles. The molecule has 0 aliphatic rings. The summed E-state index contributed by atoms with van der Waals surface area (Å²) in [7, 11) is 4.73. The zero-order valence-electron chi connectivity index (χ0n) is 37.1. The number of pyridine rings is 2. The van der Waals surface area contributed by atoms with Gasteiger partial charge in [-0.05, 0) is 108 Å².